The second kappa shape index (κ2) is 6.37. The number of carbonyl (C=O) groups is 1. The Morgan fingerprint density at radius 3 is 2.32 bits per heavy atom. The van der Waals surface area contributed by atoms with Crippen LogP contribution in [0.2, 0.25) is 5.02 Å². The number of benzene rings is 2. The normalized spacial score (nSPS) is 11.0. The van der Waals surface area contributed by atoms with Crippen LogP contribution in [0.3, 0.4) is 0 Å². The van der Waals surface area contributed by atoms with Crippen molar-refractivity contribution in [1.29, 1.82) is 0 Å². The number of sulfonamides is 1. The van der Waals surface area contributed by atoms with Crippen molar-refractivity contribution in [3.63, 3.8) is 0 Å². The largest absolute Gasteiger partial charge is 0.465 e. The van der Waals surface area contributed by atoms with Gasteiger partial charge in [-0.25, -0.2) is 13.2 Å². The summed E-state index contributed by atoms with van der Waals surface area (Å²) in [5.74, 6) is -0.529. The van der Waals surface area contributed by atoms with Gasteiger partial charge in [-0.2, -0.15) is 0 Å². The van der Waals surface area contributed by atoms with E-state index in [-0.39, 0.29) is 10.5 Å². The molecule has 0 aliphatic heterocycles. The van der Waals surface area contributed by atoms with Crippen molar-refractivity contribution >= 4 is 33.3 Å². The van der Waals surface area contributed by atoms with Crippen LogP contribution in [0.25, 0.3) is 0 Å². The van der Waals surface area contributed by atoms with Crippen LogP contribution in [0.15, 0.2) is 47.4 Å². The van der Waals surface area contributed by atoms with Gasteiger partial charge in [0.1, 0.15) is 0 Å². The van der Waals surface area contributed by atoms with E-state index in [9.17, 15) is 13.2 Å². The fourth-order valence-corrected chi connectivity index (χ4v) is 3.21. The predicted molar refractivity (Wildman–Crippen MR) is 84.8 cm³/mol. The number of halogens is 1. The minimum atomic E-state index is -3.78. The molecule has 2 aromatic rings. The topological polar surface area (TPSA) is 72.5 Å². The van der Waals surface area contributed by atoms with Crippen LogP contribution in [0.4, 0.5) is 5.69 Å². The summed E-state index contributed by atoms with van der Waals surface area (Å²) < 4.78 is 31.6. The van der Waals surface area contributed by atoms with Crippen LogP contribution in [0.5, 0.6) is 0 Å². The predicted octanol–water partition coefficient (Wildman–Crippen LogP) is 3.24. The molecule has 0 spiro atoms. The van der Waals surface area contributed by atoms with Gasteiger partial charge in [0.05, 0.1) is 28.3 Å². The molecule has 116 valence electrons. The Bertz CT molecular complexity index is 801. The van der Waals surface area contributed by atoms with E-state index in [1.54, 1.807) is 18.2 Å². The summed E-state index contributed by atoms with van der Waals surface area (Å²) in [5.41, 5.74) is 1.49. The van der Waals surface area contributed by atoms with E-state index in [1.165, 1.54) is 31.4 Å². The molecular weight excluding hydrogens is 326 g/mol. The maximum Gasteiger partial charge on any atom is 0.337 e. The number of ether oxygens (including phenoxy) is 1. The first-order valence-electron chi connectivity index (χ1n) is 6.31. The molecule has 0 radical (unpaired) electrons. The third-order valence-electron chi connectivity index (χ3n) is 2.95. The molecule has 0 saturated carbocycles. The highest BCUT2D eigenvalue weighted by molar-refractivity contribution is 7.92. The lowest BCUT2D eigenvalue weighted by molar-refractivity contribution is 0.0600. The number of carbonyl (C=O) groups excluding carboxylic acids is 1. The SMILES string of the molecule is COC(=O)c1ccc(S(=O)(=O)Nc2ccc(C)cc2Cl)cc1. The summed E-state index contributed by atoms with van der Waals surface area (Å²) in [4.78, 5) is 11.4. The summed E-state index contributed by atoms with van der Waals surface area (Å²) >= 11 is 6.02. The van der Waals surface area contributed by atoms with Crippen LogP contribution in [-0.4, -0.2) is 21.5 Å². The van der Waals surface area contributed by atoms with E-state index in [0.717, 1.165) is 5.56 Å². The zero-order valence-electron chi connectivity index (χ0n) is 12.0. The molecule has 7 heteroatoms. The lowest BCUT2D eigenvalue weighted by Crippen LogP contribution is -2.13. The highest BCUT2D eigenvalue weighted by Crippen LogP contribution is 2.25. The molecule has 0 aliphatic rings. The molecule has 0 amide bonds. The zero-order valence-corrected chi connectivity index (χ0v) is 13.5. The molecular formula is C15H14ClNO4S. The number of nitrogens with one attached hydrogen (secondary N) is 1. The van der Waals surface area contributed by atoms with Crippen molar-refractivity contribution in [3.8, 4) is 0 Å². The van der Waals surface area contributed by atoms with E-state index >= 15 is 0 Å². The number of aryl methyl sites for hydroxylation is 1. The van der Waals surface area contributed by atoms with Gasteiger partial charge in [0.2, 0.25) is 0 Å². The number of hydrogen-bond donors (Lipinski definition) is 1. The molecule has 1 N–H and O–H groups in total. The van der Waals surface area contributed by atoms with Crippen LogP contribution in [-0.2, 0) is 14.8 Å². The molecule has 0 atom stereocenters. The minimum absolute atomic E-state index is 0.0248. The van der Waals surface area contributed by atoms with Gasteiger partial charge in [0, 0.05) is 0 Å². The molecule has 2 rings (SSSR count). The summed E-state index contributed by atoms with van der Waals surface area (Å²) in [6.07, 6.45) is 0. The van der Waals surface area contributed by atoms with Crippen LogP contribution in [0, 0.1) is 6.92 Å². The average molecular weight is 340 g/mol. The number of hydrogen-bond acceptors (Lipinski definition) is 4. The van der Waals surface area contributed by atoms with Crippen molar-refractivity contribution in [1.82, 2.24) is 0 Å². The third-order valence-corrected chi connectivity index (χ3v) is 4.65. The van der Waals surface area contributed by atoms with Gasteiger partial charge in [0.25, 0.3) is 10.0 Å². The molecule has 22 heavy (non-hydrogen) atoms. The Kier molecular flexibility index (Phi) is 4.73. The van der Waals surface area contributed by atoms with Crippen molar-refractivity contribution in [2.45, 2.75) is 11.8 Å². The second-order valence-electron chi connectivity index (χ2n) is 4.60. The van der Waals surface area contributed by atoms with Crippen molar-refractivity contribution in [3.05, 3.63) is 58.6 Å². The Morgan fingerprint density at radius 2 is 1.77 bits per heavy atom. The van der Waals surface area contributed by atoms with Gasteiger partial charge in [-0.05, 0) is 48.9 Å². The Balaban J connectivity index is 2.28. The Labute approximate surface area is 133 Å². The van der Waals surface area contributed by atoms with Gasteiger partial charge in [-0.1, -0.05) is 17.7 Å². The lowest BCUT2D eigenvalue weighted by atomic mass is 10.2. The molecule has 0 fully saturated rings. The Hall–Kier alpha value is -2.05. The number of methoxy groups -OCH3 is 1. The first-order chi connectivity index (χ1) is 10.3. The van der Waals surface area contributed by atoms with Gasteiger partial charge in [0.15, 0.2) is 0 Å². The maximum atomic E-state index is 12.3. The first-order valence-corrected chi connectivity index (χ1v) is 8.17. The fourth-order valence-electron chi connectivity index (χ4n) is 1.79. The van der Waals surface area contributed by atoms with Gasteiger partial charge in [-0.15, -0.1) is 0 Å². The highest BCUT2D eigenvalue weighted by atomic mass is 35.5. The second-order valence-corrected chi connectivity index (χ2v) is 6.69. The molecule has 0 aromatic heterocycles. The monoisotopic (exact) mass is 339 g/mol. The molecule has 0 saturated heterocycles. The van der Waals surface area contributed by atoms with E-state index < -0.39 is 16.0 Å². The van der Waals surface area contributed by atoms with E-state index in [0.29, 0.717) is 10.7 Å². The van der Waals surface area contributed by atoms with Crippen LogP contribution < -0.4 is 4.72 Å². The van der Waals surface area contributed by atoms with Crippen molar-refractivity contribution in [2.75, 3.05) is 11.8 Å². The van der Waals surface area contributed by atoms with E-state index in [2.05, 4.69) is 9.46 Å². The number of anilines is 1. The van der Waals surface area contributed by atoms with E-state index in [4.69, 9.17) is 11.6 Å². The van der Waals surface area contributed by atoms with E-state index in [1.807, 2.05) is 6.92 Å². The number of rotatable bonds is 4. The highest BCUT2D eigenvalue weighted by Gasteiger charge is 2.16. The first kappa shape index (κ1) is 16.3. The lowest BCUT2D eigenvalue weighted by Gasteiger charge is -2.10. The Morgan fingerprint density at radius 1 is 1.14 bits per heavy atom. The zero-order chi connectivity index (χ0) is 16.3. The molecule has 0 unspecified atom stereocenters. The molecule has 5 nitrogen and oxygen atoms in total. The third kappa shape index (κ3) is 3.58. The molecule has 0 aliphatic carbocycles. The summed E-state index contributed by atoms with van der Waals surface area (Å²) in [7, 11) is -2.53. The smallest absolute Gasteiger partial charge is 0.337 e. The standard InChI is InChI=1S/C15H14ClNO4S/c1-10-3-8-14(13(16)9-10)17-22(19,20)12-6-4-11(5-7-12)15(18)21-2/h3-9,17H,1-2H3. The van der Waals surface area contributed by atoms with Crippen molar-refractivity contribution in [2.24, 2.45) is 0 Å². The summed E-state index contributed by atoms with van der Waals surface area (Å²) in [6, 6.07) is 10.4. The average Bonchev–Trinajstić information content (AvgIpc) is 2.49. The van der Waals surface area contributed by atoms with Crippen LogP contribution >= 0.6 is 11.6 Å². The van der Waals surface area contributed by atoms with Gasteiger partial charge < -0.3 is 4.74 Å². The summed E-state index contributed by atoms with van der Waals surface area (Å²) in [5, 5.41) is 0.315. The summed E-state index contributed by atoms with van der Waals surface area (Å²) in [6.45, 7) is 1.86. The van der Waals surface area contributed by atoms with Crippen LogP contribution in [0.1, 0.15) is 15.9 Å². The molecule has 2 aromatic carbocycles. The van der Waals surface area contributed by atoms with Crippen molar-refractivity contribution < 1.29 is 17.9 Å². The maximum absolute atomic E-state index is 12.3. The van der Waals surface area contributed by atoms with Gasteiger partial charge >= 0.3 is 5.97 Å². The fraction of sp³-hybridized carbons (Fsp3) is 0.133. The molecule has 0 heterocycles. The minimum Gasteiger partial charge on any atom is -0.465 e. The van der Waals surface area contributed by atoms with Gasteiger partial charge in [-0.3, -0.25) is 4.72 Å². The quantitative estimate of drug-likeness (QED) is 0.868. The molecule has 0 bridgehead atoms. The number of esters is 1.